The quantitative estimate of drug-likeness (QED) is 0.364. The first-order valence-electron chi connectivity index (χ1n) is 10.3. The first-order chi connectivity index (χ1) is 15.5. The molecule has 0 aliphatic rings. The van der Waals surface area contributed by atoms with Gasteiger partial charge in [-0.3, -0.25) is 9.59 Å². The van der Waals surface area contributed by atoms with Gasteiger partial charge >= 0.3 is 0 Å². The molecule has 0 fully saturated rings. The molecule has 0 unspecified atom stereocenters. The number of allylic oxidation sites excluding steroid dienone is 1. The zero-order valence-corrected chi connectivity index (χ0v) is 19.1. The highest BCUT2D eigenvalue weighted by atomic mass is 32.2. The molecule has 3 aromatic rings. The van der Waals surface area contributed by atoms with Gasteiger partial charge in [-0.1, -0.05) is 65.9 Å². The highest BCUT2D eigenvalue weighted by Crippen LogP contribution is 2.21. The second-order valence-electron chi connectivity index (χ2n) is 7.36. The van der Waals surface area contributed by atoms with Crippen molar-refractivity contribution in [1.82, 2.24) is 25.4 Å². The molecular formula is C24H27N5O2S. The third kappa shape index (κ3) is 6.31. The van der Waals surface area contributed by atoms with Gasteiger partial charge in [-0.25, -0.2) is 0 Å². The topological polar surface area (TPSA) is 88.9 Å². The molecule has 1 aromatic heterocycles. The standard InChI is InChI=1S/C24H27N5O2S/c1-4-13-29-22(18(3)26-23(31)20-12-8-9-17(2)14-20)27-28-24(29)32-16-21(30)25-15-19-10-6-5-7-11-19/h4-12,14,18H,1,13,15-16H2,2-3H3,(H,25,30)(H,26,31)/t18-/m1/s1. The Labute approximate surface area is 192 Å². The molecule has 3 rings (SSSR count). The van der Waals surface area contributed by atoms with Gasteiger partial charge in [-0.2, -0.15) is 0 Å². The molecule has 0 spiro atoms. The van der Waals surface area contributed by atoms with Crippen LogP contribution in [-0.4, -0.2) is 32.3 Å². The summed E-state index contributed by atoms with van der Waals surface area (Å²) < 4.78 is 1.86. The zero-order chi connectivity index (χ0) is 22.9. The predicted octanol–water partition coefficient (Wildman–Crippen LogP) is 3.67. The molecule has 7 nitrogen and oxygen atoms in total. The molecule has 0 aliphatic carbocycles. The Morgan fingerprint density at radius 1 is 1.16 bits per heavy atom. The fraction of sp³-hybridized carbons (Fsp3) is 0.250. The molecule has 166 valence electrons. The van der Waals surface area contributed by atoms with E-state index in [9.17, 15) is 9.59 Å². The number of nitrogens with one attached hydrogen (secondary N) is 2. The minimum absolute atomic E-state index is 0.0886. The van der Waals surface area contributed by atoms with Crippen molar-refractivity contribution in [1.29, 1.82) is 0 Å². The second kappa shape index (κ2) is 11.3. The molecule has 0 aliphatic heterocycles. The van der Waals surface area contributed by atoms with Crippen LogP contribution in [0.2, 0.25) is 0 Å². The Hall–Kier alpha value is -3.39. The largest absolute Gasteiger partial charge is 0.351 e. The smallest absolute Gasteiger partial charge is 0.251 e. The van der Waals surface area contributed by atoms with Crippen LogP contribution in [0.25, 0.3) is 0 Å². The molecule has 0 saturated heterocycles. The van der Waals surface area contributed by atoms with Crippen LogP contribution in [-0.2, 0) is 17.9 Å². The summed E-state index contributed by atoms with van der Waals surface area (Å²) in [6.45, 7) is 8.56. The summed E-state index contributed by atoms with van der Waals surface area (Å²) in [6.07, 6.45) is 1.74. The Morgan fingerprint density at radius 3 is 2.66 bits per heavy atom. The van der Waals surface area contributed by atoms with Crippen LogP contribution in [0.3, 0.4) is 0 Å². The summed E-state index contributed by atoms with van der Waals surface area (Å²) in [5.74, 6) is 0.558. The van der Waals surface area contributed by atoms with Crippen LogP contribution in [0, 0.1) is 6.92 Å². The Kier molecular flexibility index (Phi) is 8.21. The van der Waals surface area contributed by atoms with Crippen molar-refractivity contribution in [3.63, 3.8) is 0 Å². The molecule has 2 N–H and O–H groups in total. The van der Waals surface area contributed by atoms with Crippen LogP contribution in [0.15, 0.2) is 72.4 Å². The van der Waals surface area contributed by atoms with E-state index in [2.05, 4.69) is 27.4 Å². The lowest BCUT2D eigenvalue weighted by Gasteiger charge is -2.15. The number of aromatic nitrogens is 3. The van der Waals surface area contributed by atoms with Crippen molar-refractivity contribution in [3.8, 4) is 0 Å². The predicted molar refractivity (Wildman–Crippen MR) is 126 cm³/mol. The van der Waals surface area contributed by atoms with Crippen LogP contribution in [0.5, 0.6) is 0 Å². The number of nitrogens with zero attached hydrogens (tertiary/aromatic N) is 3. The monoisotopic (exact) mass is 449 g/mol. The number of hydrogen-bond acceptors (Lipinski definition) is 5. The van der Waals surface area contributed by atoms with E-state index in [1.54, 1.807) is 12.1 Å². The number of amides is 2. The van der Waals surface area contributed by atoms with Gasteiger partial charge in [0, 0.05) is 18.7 Å². The molecule has 32 heavy (non-hydrogen) atoms. The lowest BCUT2D eigenvalue weighted by Crippen LogP contribution is -2.29. The molecular weight excluding hydrogens is 422 g/mol. The highest BCUT2D eigenvalue weighted by Gasteiger charge is 2.20. The molecule has 0 saturated carbocycles. The first-order valence-corrected chi connectivity index (χ1v) is 11.3. The number of carbonyl (C=O) groups is 2. The maximum Gasteiger partial charge on any atom is 0.251 e. The van der Waals surface area contributed by atoms with E-state index in [4.69, 9.17) is 0 Å². The van der Waals surface area contributed by atoms with Gasteiger partial charge in [-0.05, 0) is 31.5 Å². The average molecular weight is 450 g/mol. The lowest BCUT2D eigenvalue weighted by atomic mass is 10.1. The van der Waals surface area contributed by atoms with Gasteiger partial charge in [0.05, 0.1) is 11.8 Å². The maximum atomic E-state index is 12.6. The minimum Gasteiger partial charge on any atom is -0.351 e. The van der Waals surface area contributed by atoms with Gasteiger partial charge in [0.25, 0.3) is 5.91 Å². The summed E-state index contributed by atoms with van der Waals surface area (Å²) in [5.41, 5.74) is 2.65. The average Bonchev–Trinajstić information content (AvgIpc) is 3.20. The van der Waals surface area contributed by atoms with Crippen molar-refractivity contribution in [2.24, 2.45) is 0 Å². The van der Waals surface area contributed by atoms with Crippen molar-refractivity contribution in [2.45, 2.75) is 38.1 Å². The third-order valence-corrected chi connectivity index (χ3v) is 5.70. The van der Waals surface area contributed by atoms with E-state index in [0.717, 1.165) is 11.1 Å². The van der Waals surface area contributed by atoms with E-state index in [1.807, 2.05) is 66.9 Å². The summed E-state index contributed by atoms with van der Waals surface area (Å²) in [4.78, 5) is 24.9. The highest BCUT2D eigenvalue weighted by molar-refractivity contribution is 7.99. The normalized spacial score (nSPS) is 11.6. The number of carbonyl (C=O) groups excluding carboxylic acids is 2. The van der Waals surface area contributed by atoms with Crippen molar-refractivity contribution < 1.29 is 9.59 Å². The van der Waals surface area contributed by atoms with Gasteiger partial charge in [0.2, 0.25) is 5.91 Å². The van der Waals surface area contributed by atoms with Crippen LogP contribution in [0.1, 0.15) is 40.3 Å². The SMILES string of the molecule is C=CCn1c(SCC(=O)NCc2ccccc2)nnc1[C@@H](C)NC(=O)c1cccc(C)c1. The number of hydrogen-bond donors (Lipinski definition) is 2. The minimum atomic E-state index is -0.364. The van der Waals surface area contributed by atoms with Crippen molar-refractivity contribution >= 4 is 23.6 Å². The van der Waals surface area contributed by atoms with E-state index in [-0.39, 0.29) is 23.6 Å². The summed E-state index contributed by atoms with van der Waals surface area (Å²) in [7, 11) is 0. The van der Waals surface area contributed by atoms with E-state index in [1.165, 1.54) is 11.8 Å². The number of rotatable bonds is 10. The molecule has 8 heteroatoms. The Morgan fingerprint density at radius 2 is 1.94 bits per heavy atom. The molecule has 1 heterocycles. The Bertz CT molecular complexity index is 1080. The van der Waals surface area contributed by atoms with E-state index >= 15 is 0 Å². The number of benzene rings is 2. The molecule has 0 bridgehead atoms. The van der Waals surface area contributed by atoms with Crippen LogP contribution >= 0.6 is 11.8 Å². The van der Waals surface area contributed by atoms with Gasteiger partial charge in [-0.15, -0.1) is 16.8 Å². The van der Waals surface area contributed by atoms with Crippen molar-refractivity contribution in [3.05, 3.63) is 89.8 Å². The summed E-state index contributed by atoms with van der Waals surface area (Å²) in [5, 5.41) is 15.0. The second-order valence-corrected chi connectivity index (χ2v) is 8.30. The van der Waals surface area contributed by atoms with Crippen LogP contribution in [0.4, 0.5) is 0 Å². The van der Waals surface area contributed by atoms with E-state index in [0.29, 0.717) is 29.6 Å². The molecule has 2 aromatic carbocycles. The fourth-order valence-electron chi connectivity index (χ4n) is 3.14. The summed E-state index contributed by atoms with van der Waals surface area (Å²) >= 11 is 1.30. The molecule has 0 radical (unpaired) electrons. The lowest BCUT2D eigenvalue weighted by molar-refractivity contribution is -0.118. The van der Waals surface area contributed by atoms with Gasteiger partial charge in [0.1, 0.15) is 0 Å². The molecule has 1 atom stereocenters. The Balaban J connectivity index is 1.62. The zero-order valence-electron chi connectivity index (χ0n) is 18.2. The fourth-order valence-corrected chi connectivity index (χ4v) is 3.92. The number of aryl methyl sites for hydroxylation is 1. The number of thioether (sulfide) groups is 1. The third-order valence-electron chi connectivity index (χ3n) is 4.74. The van der Waals surface area contributed by atoms with Gasteiger partial charge < -0.3 is 15.2 Å². The van der Waals surface area contributed by atoms with Crippen LogP contribution < -0.4 is 10.6 Å². The molecule has 2 amide bonds. The van der Waals surface area contributed by atoms with Gasteiger partial charge in [0.15, 0.2) is 11.0 Å². The van der Waals surface area contributed by atoms with E-state index < -0.39 is 0 Å². The first kappa shape index (κ1) is 23.3. The summed E-state index contributed by atoms with van der Waals surface area (Å²) in [6, 6.07) is 16.8. The maximum absolute atomic E-state index is 12.6. The van der Waals surface area contributed by atoms with Crippen molar-refractivity contribution in [2.75, 3.05) is 5.75 Å².